The molecule has 47 heavy (non-hydrogen) atoms. The van der Waals surface area contributed by atoms with Crippen LogP contribution in [0.2, 0.25) is 0 Å². The van der Waals surface area contributed by atoms with E-state index in [0.29, 0.717) is 45.1 Å². The van der Waals surface area contributed by atoms with Crippen LogP contribution in [0, 0.1) is 35.5 Å². The van der Waals surface area contributed by atoms with E-state index in [0.717, 1.165) is 42.6 Å². The number of amides is 1. The van der Waals surface area contributed by atoms with Crippen LogP contribution in [-0.4, -0.2) is 52.9 Å². The van der Waals surface area contributed by atoms with Crippen molar-refractivity contribution in [1.29, 1.82) is 0 Å². The Kier molecular flexibility index (Phi) is 14.2. The molecule has 1 aliphatic heterocycles. The third-order valence-electron chi connectivity index (χ3n) is 10.2. The van der Waals surface area contributed by atoms with Crippen molar-refractivity contribution in [1.82, 2.24) is 5.32 Å². The molecule has 0 aromatic heterocycles. The largest absolute Gasteiger partial charge is 0.489 e. The van der Waals surface area contributed by atoms with Gasteiger partial charge in [0.05, 0.1) is 17.9 Å². The molecule has 258 valence electrons. The normalized spacial score (nSPS) is 26.0. The molecule has 2 saturated carbocycles. The van der Waals surface area contributed by atoms with Crippen molar-refractivity contribution in [2.24, 2.45) is 23.7 Å². The van der Waals surface area contributed by atoms with E-state index in [-0.39, 0.29) is 48.1 Å². The molecule has 1 heterocycles. The lowest BCUT2D eigenvalue weighted by Crippen LogP contribution is -2.41. The second-order valence-electron chi connectivity index (χ2n) is 13.7. The highest BCUT2D eigenvalue weighted by molar-refractivity contribution is 5.85. The summed E-state index contributed by atoms with van der Waals surface area (Å²) in [5.74, 6) is 4.49. The molecule has 0 bridgehead atoms. The Morgan fingerprint density at radius 2 is 1.87 bits per heavy atom. The second-order valence-corrected chi connectivity index (χ2v) is 13.7. The maximum Gasteiger partial charge on any atom is 0.310 e. The summed E-state index contributed by atoms with van der Waals surface area (Å²) in [6.45, 7) is 6.63. The van der Waals surface area contributed by atoms with Crippen LogP contribution < -0.4 is 10.1 Å². The van der Waals surface area contributed by atoms with Gasteiger partial charge in [0, 0.05) is 49.1 Å². The van der Waals surface area contributed by atoms with Crippen LogP contribution in [0.15, 0.2) is 30.4 Å². The van der Waals surface area contributed by atoms with Crippen molar-refractivity contribution >= 4 is 17.8 Å². The molecular weight excluding hydrogens is 594 g/mol. The summed E-state index contributed by atoms with van der Waals surface area (Å²) in [5.41, 5.74) is 2.03. The number of hydrogen-bond donors (Lipinski definition) is 3. The number of aliphatic hydroxyl groups is 1. The molecular formula is C39H55NO7. The quantitative estimate of drug-likeness (QED) is 0.0741. The number of nitrogens with one attached hydrogen (secondary N) is 1. The maximum atomic E-state index is 13.7. The monoisotopic (exact) mass is 649 g/mol. The van der Waals surface area contributed by atoms with Crippen LogP contribution in [0.5, 0.6) is 5.75 Å². The average Bonchev–Trinajstić information content (AvgIpc) is 3.57. The zero-order chi connectivity index (χ0) is 33.8. The van der Waals surface area contributed by atoms with Gasteiger partial charge in [0.1, 0.15) is 18.0 Å². The van der Waals surface area contributed by atoms with E-state index < -0.39 is 24.1 Å². The van der Waals surface area contributed by atoms with Gasteiger partial charge in [-0.3, -0.25) is 14.4 Å². The maximum absolute atomic E-state index is 13.7. The predicted octanol–water partition coefficient (Wildman–Crippen LogP) is 6.73. The van der Waals surface area contributed by atoms with E-state index in [1.807, 2.05) is 37.3 Å². The Hall–Kier alpha value is -3.31. The average molecular weight is 650 g/mol. The molecule has 8 heteroatoms. The number of unbranched alkanes of at least 4 members (excludes halogenated alkanes) is 4. The van der Waals surface area contributed by atoms with Crippen LogP contribution >= 0.6 is 0 Å². The molecule has 2 fully saturated rings. The third kappa shape index (κ3) is 9.85. The van der Waals surface area contributed by atoms with Gasteiger partial charge in [0.2, 0.25) is 5.91 Å². The second kappa shape index (κ2) is 18.3. The van der Waals surface area contributed by atoms with E-state index in [4.69, 9.17) is 14.6 Å². The number of carbonyl (C=O) groups is 3. The Balaban J connectivity index is 1.46. The van der Waals surface area contributed by atoms with Gasteiger partial charge in [0.15, 0.2) is 0 Å². The standard InChI is InChI=1S/C39H55NO7/c1-4-6-8-9-12-24-40-38(44)28-18-10-11-19-29(28)39(45)47-33(26(3)15-7-5-2)23-22-30-32(41)25-34-36(30)31-20-13-16-27(37(31)46-34)17-14-21-35(42)43/h13,16,20,22-23,26,28-30,32-34,36,41H,4,6,8-12,14-15,17-19,21,24-25H2,1-3H3,(H,40,44)(H,42,43)/b23-22+/t26-,28?,29?,30-,32+,33+,34-,36-/m0/s1. The number of carboxylic acid groups (broad SMARTS) is 1. The van der Waals surface area contributed by atoms with Gasteiger partial charge < -0.3 is 25.0 Å². The molecule has 1 aromatic rings. The lowest BCUT2D eigenvalue weighted by atomic mass is 9.78. The third-order valence-corrected chi connectivity index (χ3v) is 10.2. The summed E-state index contributed by atoms with van der Waals surface area (Å²) >= 11 is 0. The number of aliphatic hydroxyl groups excluding tert-OH is 1. The molecule has 1 amide bonds. The molecule has 3 aliphatic rings. The van der Waals surface area contributed by atoms with Crippen molar-refractivity contribution in [3.63, 3.8) is 0 Å². The van der Waals surface area contributed by atoms with Crippen LogP contribution in [0.1, 0.15) is 121 Å². The molecule has 3 N–H and O–H groups in total. The first-order chi connectivity index (χ1) is 22.7. The van der Waals surface area contributed by atoms with Crippen molar-refractivity contribution in [2.75, 3.05) is 6.54 Å². The van der Waals surface area contributed by atoms with Crippen LogP contribution in [0.25, 0.3) is 0 Å². The molecule has 8 atom stereocenters. The number of rotatable bonds is 17. The molecule has 0 radical (unpaired) electrons. The zero-order valence-electron chi connectivity index (χ0n) is 28.5. The molecule has 8 nitrogen and oxygen atoms in total. The van der Waals surface area contributed by atoms with Crippen molar-refractivity contribution in [3.8, 4) is 17.6 Å². The summed E-state index contributed by atoms with van der Waals surface area (Å²) in [4.78, 5) is 38.0. The van der Waals surface area contributed by atoms with E-state index >= 15 is 0 Å². The van der Waals surface area contributed by atoms with Gasteiger partial charge in [-0.05, 0) is 50.7 Å². The summed E-state index contributed by atoms with van der Waals surface area (Å²) in [5, 5.41) is 23.3. The SMILES string of the molecule is CC#CC[C@H](C)[C@@H](/C=C/[C@@H]1[C@H]2c3cccc(CCCC(=O)O)c3O[C@H]2C[C@H]1O)OC(=O)C1CCCCC1C(=O)NCCCCCCC. The van der Waals surface area contributed by atoms with Crippen LogP contribution in [0.4, 0.5) is 0 Å². The van der Waals surface area contributed by atoms with E-state index in [2.05, 4.69) is 24.1 Å². The van der Waals surface area contributed by atoms with Gasteiger partial charge in [-0.15, -0.1) is 11.8 Å². The number of carboxylic acids is 1. The van der Waals surface area contributed by atoms with Crippen molar-refractivity contribution in [2.45, 2.75) is 135 Å². The number of aryl methyl sites for hydroxylation is 1. The Morgan fingerprint density at radius 1 is 1.11 bits per heavy atom. The Labute approximate surface area is 281 Å². The minimum Gasteiger partial charge on any atom is -0.489 e. The molecule has 1 aromatic carbocycles. The van der Waals surface area contributed by atoms with Gasteiger partial charge in [-0.25, -0.2) is 0 Å². The number of carbonyl (C=O) groups excluding carboxylic acids is 2. The fraction of sp³-hybridized carbons (Fsp3) is 0.667. The Morgan fingerprint density at radius 3 is 2.62 bits per heavy atom. The first-order valence-corrected chi connectivity index (χ1v) is 18.0. The fourth-order valence-electron chi connectivity index (χ4n) is 7.58. The number of benzene rings is 1. The minimum atomic E-state index is -0.812. The highest BCUT2D eigenvalue weighted by Crippen LogP contribution is 2.52. The van der Waals surface area contributed by atoms with E-state index in [1.54, 1.807) is 6.92 Å². The van der Waals surface area contributed by atoms with Crippen molar-refractivity contribution in [3.05, 3.63) is 41.5 Å². The van der Waals surface area contributed by atoms with Crippen LogP contribution in [-0.2, 0) is 25.5 Å². The molecule has 4 rings (SSSR count). The smallest absolute Gasteiger partial charge is 0.310 e. The van der Waals surface area contributed by atoms with E-state index in [9.17, 15) is 19.5 Å². The number of hydrogen-bond acceptors (Lipinski definition) is 6. The minimum absolute atomic E-state index is 0.0403. The Bertz CT molecular complexity index is 1300. The number of ether oxygens (including phenoxy) is 2. The first-order valence-electron chi connectivity index (χ1n) is 18.0. The zero-order valence-corrected chi connectivity index (χ0v) is 28.5. The van der Waals surface area contributed by atoms with Gasteiger partial charge in [-0.2, -0.15) is 0 Å². The highest BCUT2D eigenvalue weighted by Gasteiger charge is 2.49. The molecule has 0 saturated heterocycles. The van der Waals surface area contributed by atoms with Gasteiger partial charge in [0.25, 0.3) is 0 Å². The highest BCUT2D eigenvalue weighted by atomic mass is 16.5. The summed E-state index contributed by atoms with van der Waals surface area (Å²) in [6.07, 6.45) is 13.6. The molecule has 2 aliphatic carbocycles. The topological polar surface area (TPSA) is 122 Å². The van der Waals surface area contributed by atoms with Crippen molar-refractivity contribution < 1.29 is 34.1 Å². The number of esters is 1. The van der Waals surface area contributed by atoms with Crippen LogP contribution in [0.3, 0.4) is 0 Å². The first kappa shape index (κ1) is 36.5. The predicted molar refractivity (Wildman–Crippen MR) is 182 cm³/mol. The fourth-order valence-corrected chi connectivity index (χ4v) is 7.58. The number of fused-ring (bicyclic) bond motifs is 3. The lowest BCUT2D eigenvalue weighted by Gasteiger charge is -2.31. The molecule has 2 unspecified atom stereocenters. The number of aliphatic carboxylic acids is 1. The van der Waals surface area contributed by atoms with Gasteiger partial charge in [-0.1, -0.05) is 76.6 Å². The summed E-state index contributed by atoms with van der Waals surface area (Å²) < 4.78 is 12.6. The molecule has 0 spiro atoms. The summed E-state index contributed by atoms with van der Waals surface area (Å²) in [7, 11) is 0. The summed E-state index contributed by atoms with van der Waals surface area (Å²) in [6, 6.07) is 6.00. The lowest BCUT2D eigenvalue weighted by molar-refractivity contribution is -0.159. The van der Waals surface area contributed by atoms with E-state index in [1.165, 1.54) is 19.3 Å². The number of para-hydroxylation sites is 1. The van der Waals surface area contributed by atoms with Gasteiger partial charge >= 0.3 is 11.9 Å².